The van der Waals surface area contributed by atoms with Gasteiger partial charge < -0.3 is 10.2 Å². The van der Waals surface area contributed by atoms with Gasteiger partial charge in [-0.1, -0.05) is 20.8 Å². The molecule has 0 aliphatic rings. The van der Waals surface area contributed by atoms with Crippen LogP contribution in [0.25, 0.3) is 0 Å². The van der Waals surface area contributed by atoms with Crippen molar-refractivity contribution in [1.82, 2.24) is 4.98 Å². The molecule has 1 aromatic rings. The van der Waals surface area contributed by atoms with Crippen molar-refractivity contribution in [2.75, 3.05) is 6.54 Å². The first-order valence-corrected chi connectivity index (χ1v) is 4.25. The van der Waals surface area contributed by atoms with E-state index in [1.165, 1.54) is 0 Å². The van der Waals surface area contributed by atoms with Crippen molar-refractivity contribution in [3.8, 4) is 0 Å². The second-order valence-corrected chi connectivity index (χ2v) is 3.57. The molecule has 0 saturated heterocycles. The van der Waals surface area contributed by atoms with Gasteiger partial charge in [-0.25, -0.2) is 4.98 Å². The molecule has 0 aliphatic carbocycles. The minimum atomic E-state index is -0.0725. The van der Waals surface area contributed by atoms with E-state index in [0.717, 1.165) is 18.0 Å². The molecule has 0 radical (unpaired) electrons. The minimum absolute atomic E-state index is 0.0725. The highest BCUT2D eigenvalue weighted by atomic mass is 16.3. The molecule has 3 nitrogen and oxygen atoms in total. The summed E-state index contributed by atoms with van der Waals surface area (Å²) in [6.07, 6.45) is 2.53. The second kappa shape index (κ2) is 3.27. The zero-order valence-electron chi connectivity index (χ0n) is 7.92. The van der Waals surface area contributed by atoms with Crippen molar-refractivity contribution in [2.45, 2.75) is 32.6 Å². The molecule has 0 atom stereocenters. The average Bonchev–Trinajstić information content (AvgIpc) is 2.52. The van der Waals surface area contributed by atoms with Crippen LogP contribution in [0.3, 0.4) is 0 Å². The Bertz CT molecular complexity index is 253. The summed E-state index contributed by atoms with van der Waals surface area (Å²) in [6.45, 7) is 6.72. The van der Waals surface area contributed by atoms with E-state index in [0.29, 0.717) is 6.54 Å². The third-order valence-corrected chi connectivity index (χ3v) is 2.06. The first kappa shape index (κ1) is 9.26. The van der Waals surface area contributed by atoms with Crippen LogP contribution in [-0.2, 0) is 11.8 Å². The summed E-state index contributed by atoms with van der Waals surface area (Å²) in [5.41, 5.74) is 6.48. The van der Waals surface area contributed by atoms with Crippen molar-refractivity contribution in [3.05, 3.63) is 17.8 Å². The summed E-state index contributed by atoms with van der Waals surface area (Å²) >= 11 is 0. The SMILES string of the molecule is CCc1nc(C(C)(C)CN)co1. The van der Waals surface area contributed by atoms with Crippen LogP contribution < -0.4 is 5.73 Å². The molecule has 0 aromatic carbocycles. The van der Waals surface area contributed by atoms with Gasteiger partial charge in [0, 0.05) is 18.4 Å². The third-order valence-electron chi connectivity index (χ3n) is 2.06. The number of hydrogen-bond donors (Lipinski definition) is 1. The lowest BCUT2D eigenvalue weighted by Gasteiger charge is -2.18. The molecule has 0 aliphatic heterocycles. The van der Waals surface area contributed by atoms with E-state index in [9.17, 15) is 0 Å². The van der Waals surface area contributed by atoms with E-state index < -0.39 is 0 Å². The Kier molecular flexibility index (Phi) is 2.52. The number of hydrogen-bond acceptors (Lipinski definition) is 3. The van der Waals surface area contributed by atoms with Crippen LogP contribution in [0.2, 0.25) is 0 Å². The Labute approximate surface area is 73.0 Å². The smallest absolute Gasteiger partial charge is 0.193 e. The van der Waals surface area contributed by atoms with Crippen molar-refractivity contribution >= 4 is 0 Å². The lowest BCUT2D eigenvalue weighted by Crippen LogP contribution is -2.28. The lowest BCUT2D eigenvalue weighted by atomic mass is 9.90. The van der Waals surface area contributed by atoms with Crippen molar-refractivity contribution < 1.29 is 4.42 Å². The van der Waals surface area contributed by atoms with E-state index in [2.05, 4.69) is 18.8 Å². The van der Waals surface area contributed by atoms with Crippen molar-refractivity contribution in [2.24, 2.45) is 5.73 Å². The van der Waals surface area contributed by atoms with Crippen molar-refractivity contribution in [3.63, 3.8) is 0 Å². The summed E-state index contributed by atoms with van der Waals surface area (Å²) in [6, 6.07) is 0. The molecule has 0 fully saturated rings. The van der Waals surface area contributed by atoms with E-state index in [4.69, 9.17) is 10.2 Å². The Hall–Kier alpha value is -0.830. The van der Waals surface area contributed by atoms with Crippen LogP contribution >= 0.6 is 0 Å². The monoisotopic (exact) mass is 168 g/mol. The molecule has 1 aromatic heterocycles. The van der Waals surface area contributed by atoms with Crippen molar-refractivity contribution in [1.29, 1.82) is 0 Å². The first-order chi connectivity index (χ1) is 5.60. The number of nitrogens with two attached hydrogens (primary N) is 1. The van der Waals surface area contributed by atoms with E-state index in [1.807, 2.05) is 6.92 Å². The standard InChI is InChI=1S/C9H16N2O/c1-4-8-11-7(5-12-8)9(2,3)6-10/h5H,4,6,10H2,1-3H3. The molecular weight excluding hydrogens is 152 g/mol. The van der Waals surface area contributed by atoms with Gasteiger partial charge in [0.1, 0.15) is 6.26 Å². The quantitative estimate of drug-likeness (QED) is 0.743. The molecule has 0 bridgehead atoms. The molecule has 1 rings (SSSR count). The zero-order valence-corrected chi connectivity index (χ0v) is 7.92. The highest BCUT2D eigenvalue weighted by molar-refractivity contribution is 5.10. The molecule has 68 valence electrons. The van der Waals surface area contributed by atoms with Gasteiger partial charge in [0.15, 0.2) is 5.89 Å². The van der Waals surface area contributed by atoms with E-state index >= 15 is 0 Å². The predicted molar refractivity (Wildman–Crippen MR) is 48.0 cm³/mol. The number of nitrogens with zero attached hydrogens (tertiary/aromatic N) is 1. The Morgan fingerprint density at radius 3 is 2.67 bits per heavy atom. The molecule has 1 heterocycles. The Balaban J connectivity index is 2.88. The highest BCUT2D eigenvalue weighted by Gasteiger charge is 2.22. The molecule has 12 heavy (non-hydrogen) atoms. The molecule has 0 unspecified atom stereocenters. The first-order valence-electron chi connectivity index (χ1n) is 4.25. The average molecular weight is 168 g/mol. The summed E-state index contributed by atoms with van der Waals surface area (Å²) in [5, 5.41) is 0. The van der Waals surface area contributed by atoms with Gasteiger partial charge in [-0.05, 0) is 0 Å². The van der Waals surface area contributed by atoms with Crippen LogP contribution in [0.5, 0.6) is 0 Å². The van der Waals surface area contributed by atoms with Crippen LogP contribution in [-0.4, -0.2) is 11.5 Å². The fourth-order valence-electron chi connectivity index (χ4n) is 0.889. The van der Waals surface area contributed by atoms with Gasteiger partial charge in [-0.2, -0.15) is 0 Å². The number of rotatable bonds is 3. The summed E-state index contributed by atoms with van der Waals surface area (Å²) in [4.78, 5) is 4.32. The Morgan fingerprint density at radius 1 is 1.58 bits per heavy atom. The fourth-order valence-corrected chi connectivity index (χ4v) is 0.889. The third kappa shape index (κ3) is 1.67. The maximum atomic E-state index is 5.61. The number of oxazole rings is 1. The zero-order chi connectivity index (χ0) is 9.19. The van der Waals surface area contributed by atoms with E-state index in [1.54, 1.807) is 6.26 Å². The van der Waals surface area contributed by atoms with Crippen LogP contribution in [0.15, 0.2) is 10.7 Å². The fraction of sp³-hybridized carbons (Fsp3) is 0.667. The lowest BCUT2D eigenvalue weighted by molar-refractivity contribution is 0.492. The maximum Gasteiger partial charge on any atom is 0.193 e. The topological polar surface area (TPSA) is 52.0 Å². The molecule has 0 saturated carbocycles. The number of aromatic nitrogens is 1. The normalized spacial score (nSPS) is 12.0. The highest BCUT2D eigenvalue weighted by Crippen LogP contribution is 2.20. The van der Waals surface area contributed by atoms with Gasteiger partial charge in [0.25, 0.3) is 0 Å². The summed E-state index contributed by atoms with van der Waals surface area (Å²) < 4.78 is 5.24. The number of aryl methyl sites for hydroxylation is 1. The minimum Gasteiger partial charge on any atom is -0.449 e. The van der Waals surface area contributed by atoms with Crippen LogP contribution in [0, 0.1) is 0 Å². The van der Waals surface area contributed by atoms with Crippen LogP contribution in [0.4, 0.5) is 0 Å². The predicted octanol–water partition coefficient (Wildman–Crippen LogP) is 1.47. The molecule has 3 heteroatoms. The van der Waals surface area contributed by atoms with Gasteiger partial charge in [-0.15, -0.1) is 0 Å². The second-order valence-electron chi connectivity index (χ2n) is 3.57. The van der Waals surface area contributed by atoms with Gasteiger partial charge in [0.2, 0.25) is 0 Å². The maximum absolute atomic E-state index is 5.61. The van der Waals surface area contributed by atoms with Gasteiger partial charge >= 0.3 is 0 Å². The summed E-state index contributed by atoms with van der Waals surface area (Å²) in [5.74, 6) is 0.784. The molecule has 0 amide bonds. The van der Waals surface area contributed by atoms with E-state index in [-0.39, 0.29) is 5.41 Å². The Morgan fingerprint density at radius 2 is 2.25 bits per heavy atom. The van der Waals surface area contributed by atoms with Gasteiger partial charge in [-0.3, -0.25) is 0 Å². The van der Waals surface area contributed by atoms with Gasteiger partial charge in [0.05, 0.1) is 5.69 Å². The summed E-state index contributed by atoms with van der Waals surface area (Å²) in [7, 11) is 0. The van der Waals surface area contributed by atoms with Crippen LogP contribution in [0.1, 0.15) is 32.4 Å². The molecule has 2 N–H and O–H groups in total. The largest absolute Gasteiger partial charge is 0.449 e. The molecular formula is C9H16N2O. The molecule has 0 spiro atoms.